The average molecular weight is 218 g/mol. The van der Waals surface area contributed by atoms with Gasteiger partial charge < -0.3 is 10.2 Å². The highest BCUT2D eigenvalue weighted by Gasteiger charge is 2.18. The molecule has 0 radical (unpaired) electrons. The van der Waals surface area contributed by atoms with Gasteiger partial charge in [0.05, 0.1) is 0 Å². The van der Waals surface area contributed by atoms with Crippen molar-refractivity contribution in [3.63, 3.8) is 0 Å². The van der Waals surface area contributed by atoms with E-state index in [1.165, 1.54) is 11.3 Å². The molecule has 0 saturated carbocycles. The maximum absolute atomic E-state index is 3.43. The Morgan fingerprint density at radius 3 is 2.88 bits per heavy atom. The molecule has 1 aromatic rings. The van der Waals surface area contributed by atoms with Crippen LogP contribution in [0.1, 0.15) is 32.3 Å². The van der Waals surface area contributed by atoms with E-state index in [0.29, 0.717) is 12.0 Å². The normalized spacial score (nSPS) is 21.5. The minimum absolute atomic E-state index is 0.594. The first-order valence-electron chi connectivity index (χ1n) is 6.26. The Morgan fingerprint density at radius 1 is 1.38 bits per heavy atom. The van der Waals surface area contributed by atoms with E-state index in [4.69, 9.17) is 0 Å². The predicted octanol–water partition coefficient (Wildman–Crippen LogP) is 2.61. The minimum Gasteiger partial charge on any atom is -0.366 e. The molecule has 1 N–H and O–H groups in total. The fourth-order valence-corrected chi connectivity index (χ4v) is 2.29. The fraction of sp³-hybridized carbons (Fsp3) is 0.571. The summed E-state index contributed by atoms with van der Waals surface area (Å²) in [7, 11) is 0. The molecule has 1 aliphatic heterocycles. The number of hydrogen-bond donors (Lipinski definition) is 1. The molecule has 0 unspecified atom stereocenters. The highest BCUT2D eigenvalue weighted by atomic mass is 15.2. The van der Waals surface area contributed by atoms with Gasteiger partial charge in [-0.3, -0.25) is 0 Å². The van der Waals surface area contributed by atoms with Crippen LogP contribution in [0.4, 0.5) is 5.69 Å². The van der Waals surface area contributed by atoms with Crippen molar-refractivity contribution in [2.45, 2.75) is 32.7 Å². The smallest absolute Gasteiger partial charge is 0.0386 e. The van der Waals surface area contributed by atoms with Crippen molar-refractivity contribution in [3.8, 4) is 0 Å². The van der Waals surface area contributed by atoms with E-state index in [-0.39, 0.29) is 0 Å². The van der Waals surface area contributed by atoms with Crippen LogP contribution in [-0.4, -0.2) is 25.7 Å². The summed E-state index contributed by atoms with van der Waals surface area (Å²) in [5.41, 5.74) is 2.81. The number of piperazine rings is 1. The molecule has 2 nitrogen and oxygen atoms in total. The molecule has 0 amide bonds. The van der Waals surface area contributed by atoms with E-state index in [9.17, 15) is 0 Å². The first kappa shape index (κ1) is 11.5. The van der Waals surface area contributed by atoms with Gasteiger partial charge in [0.25, 0.3) is 0 Å². The molecule has 0 aliphatic carbocycles. The van der Waals surface area contributed by atoms with Gasteiger partial charge in [0.15, 0.2) is 0 Å². The minimum atomic E-state index is 0.594. The molecular formula is C14H22N2. The van der Waals surface area contributed by atoms with Crippen molar-refractivity contribution in [1.29, 1.82) is 0 Å². The van der Waals surface area contributed by atoms with E-state index in [1.54, 1.807) is 0 Å². The molecule has 0 spiro atoms. The Hall–Kier alpha value is -1.02. The van der Waals surface area contributed by atoms with Gasteiger partial charge in [-0.1, -0.05) is 26.0 Å². The molecule has 16 heavy (non-hydrogen) atoms. The molecule has 1 heterocycles. The van der Waals surface area contributed by atoms with Crippen molar-refractivity contribution < 1.29 is 0 Å². The van der Waals surface area contributed by atoms with Gasteiger partial charge in [-0.15, -0.1) is 0 Å². The lowest BCUT2D eigenvalue weighted by Gasteiger charge is -2.36. The molecule has 0 aromatic heterocycles. The lowest BCUT2D eigenvalue weighted by atomic mass is 10.0. The van der Waals surface area contributed by atoms with Crippen LogP contribution in [0.5, 0.6) is 0 Å². The highest BCUT2D eigenvalue weighted by molar-refractivity contribution is 5.50. The lowest BCUT2D eigenvalue weighted by Crippen LogP contribution is -2.49. The molecule has 1 aromatic carbocycles. The number of rotatable bonds is 2. The van der Waals surface area contributed by atoms with Gasteiger partial charge in [0.1, 0.15) is 0 Å². The molecule has 1 fully saturated rings. The Bertz CT molecular complexity index is 346. The zero-order valence-corrected chi connectivity index (χ0v) is 10.5. The standard InChI is InChI=1S/C14H22N2/c1-11(2)13-5-4-6-14(9-13)16-8-7-15-10-12(16)3/h4-6,9,11-12,15H,7-8,10H2,1-3H3/t12-/m1/s1. The second-order valence-electron chi connectivity index (χ2n) is 5.00. The average Bonchev–Trinajstić information content (AvgIpc) is 2.30. The lowest BCUT2D eigenvalue weighted by molar-refractivity contribution is 0.500. The third-order valence-electron chi connectivity index (χ3n) is 3.37. The zero-order chi connectivity index (χ0) is 11.5. The largest absolute Gasteiger partial charge is 0.366 e. The quantitative estimate of drug-likeness (QED) is 0.821. The van der Waals surface area contributed by atoms with Gasteiger partial charge in [0.2, 0.25) is 0 Å². The van der Waals surface area contributed by atoms with E-state index < -0.39 is 0 Å². The van der Waals surface area contributed by atoms with Crippen molar-refractivity contribution in [2.75, 3.05) is 24.5 Å². The Balaban J connectivity index is 2.21. The summed E-state index contributed by atoms with van der Waals surface area (Å²) in [6.45, 7) is 10.1. The van der Waals surface area contributed by atoms with Crippen LogP contribution in [0.15, 0.2) is 24.3 Å². The topological polar surface area (TPSA) is 15.3 Å². The number of hydrogen-bond acceptors (Lipinski definition) is 2. The Morgan fingerprint density at radius 2 is 2.19 bits per heavy atom. The SMILES string of the molecule is CC(C)c1cccc(N2CCNC[C@H]2C)c1. The third-order valence-corrected chi connectivity index (χ3v) is 3.37. The molecule has 2 heteroatoms. The third kappa shape index (κ3) is 2.38. The number of anilines is 1. The Labute approximate surface area is 98.7 Å². The highest BCUT2D eigenvalue weighted by Crippen LogP contribution is 2.23. The second kappa shape index (κ2) is 4.88. The van der Waals surface area contributed by atoms with Crippen molar-refractivity contribution in [1.82, 2.24) is 5.32 Å². The summed E-state index contributed by atoms with van der Waals surface area (Å²) in [4.78, 5) is 2.50. The van der Waals surface area contributed by atoms with E-state index in [0.717, 1.165) is 19.6 Å². The first-order chi connectivity index (χ1) is 7.68. The molecule has 88 valence electrons. The van der Waals surface area contributed by atoms with Gasteiger partial charge >= 0.3 is 0 Å². The zero-order valence-electron chi connectivity index (χ0n) is 10.5. The summed E-state index contributed by atoms with van der Waals surface area (Å²) < 4.78 is 0. The van der Waals surface area contributed by atoms with Gasteiger partial charge in [-0.25, -0.2) is 0 Å². The van der Waals surface area contributed by atoms with Crippen LogP contribution in [0.3, 0.4) is 0 Å². The second-order valence-corrected chi connectivity index (χ2v) is 5.00. The number of nitrogens with one attached hydrogen (secondary N) is 1. The molecule has 0 bridgehead atoms. The van der Waals surface area contributed by atoms with Crippen LogP contribution >= 0.6 is 0 Å². The number of benzene rings is 1. The van der Waals surface area contributed by atoms with Gasteiger partial charge in [-0.05, 0) is 30.5 Å². The molecule has 1 saturated heterocycles. The van der Waals surface area contributed by atoms with Crippen LogP contribution in [0.2, 0.25) is 0 Å². The van der Waals surface area contributed by atoms with Crippen molar-refractivity contribution in [3.05, 3.63) is 29.8 Å². The summed E-state index contributed by atoms with van der Waals surface area (Å²) in [5.74, 6) is 0.609. The maximum Gasteiger partial charge on any atom is 0.0386 e. The summed E-state index contributed by atoms with van der Waals surface area (Å²) in [6.07, 6.45) is 0. The van der Waals surface area contributed by atoms with Crippen LogP contribution < -0.4 is 10.2 Å². The van der Waals surface area contributed by atoms with Gasteiger partial charge in [-0.2, -0.15) is 0 Å². The van der Waals surface area contributed by atoms with Gasteiger partial charge in [0, 0.05) is 31.4 Å². The van der Waals surface area contributed by atoms with Crippen molar-refractivity contribution >= 4 is 5.69 Å². The summed E-state index contributed by atoms with van der Waals surface area (Å²) >= 11 is 0. The maximum atomic E-state index is 3.43. The fourth-order valence-electron chi connectivity index (χ4n) is 2.29. The summed E-state index contributed by atoms with van der Waals surface area (Å²) in [6, 6.07) is 9.57. The Kier molecular flexibility index (Phi) is 3.49. The van der Waals surface area contributed by atoms with E-state index in [2.05, 4.69) is 55.3 Å². The van der Waals surface area contributed by atoms with Crippen molar-refractivity contribution in [2.24, 2.45) is 0 Å². The van der Waals surface area contributed by atoms with Crippen LogP contribution in [0, 0.1) is 0 Å². The molecule has 1 atom stereocenters. The van der Waals surface area contributed by atoms with E-state index in [1.807, 2.05) is 0 Å². The number of nitrogens with zero attached hydrogens (tertiary/aromatic N) is 1. The first-order valence-corrected chi connectivity index (χ1v) is 6.26. The monoisotopic (exact) mass is 218 g/mol. The van der Waals surface area contributed by atoms with Crippen LogP contribution in [-0.2, 0) is 0 Å². The van der Waals surface area contributed by atoms with Crippen LogP contribution in [0.25, 0.3) is 0 Å². The van der Waals surface area contributed by atoms with E-state index >= 15 is 0 Å². The molecule has 1 aliphatic rings. The predicted molar refractivity (Wildman–Crippen MR) is 70.2 cm³/mol. The summed E-state index contributed by atoms with van der Waals surface area (Å²) in [5, 5.41) is 3.43. The molecule has 2 rings (SSSR count). The molecular weight excluding hydrogens is 196 g/mol.